The zero-order valence-electron chi connectivity index (χ0n) is 11.3. The summed E-state index contributed by atoms with van der Waals surface area (Å²) in [5.41, 5.74) is 3.72. The first kappa shape index (κ1) is 13.0. The Bertz CT molecular complexity index is 767. The molecule has 0 aliphatic carbocycles. The SMILES string of the molecule is Cc1ccc2nc([S@](=O)[C@@H](C)c3ccccn3)[nH]c2c1. The molecule has 2 atom stereocenters. The first-order valence-corrected chi connectivity index (χ1v) is 7.64. The predicted octanol–water partition coefficient (Wildman–Crippen LogP) is 3.14. The molecule has 4 nitrogen and oxygen atoms in total. The van der Waals surface area contributed by atoms with Crippen molar-refractivity contribution in [3.8, 4) is 0 Å². The number of hydrogen-bond acceptors (Lipinski definition) is 3. The molecular weight excluding hydrogens is 270 g/mol. The third-order valence-corrected chi connectivity index (χ3v) is 4.69. The smallest absolute Gasteiger partial charge is 0.198 e. The predicted molar refractivity (Wildman–Crippen MR) is 79.9 cm³/mol. The highest BCUT2D eigenvalue weighted by molar-refractivity contribution is 7.85. The Morgan fingerprint density at radius 3 is 2.85 bits per heavy atom. The minimum Gasteiger partial charge on any atom is -0.331 e. The number of nitrogens with one attached hydrogen (secondary N) is 1. The summed E-state index contributed by atoms with van der Waals surface area (Å²) in [5, 5.41) is 0.307. The summed E-state index contributed by atoms with van der Waals surface area (Å²) in [4.78, 5) is 11.8. The van der Waals surface area contributed by atoms with Gasteiger partial charge in [-0.2, -0.15) is 0 Å². The highest BCUT2D eigenvalue weighted by Gasteiger charge is 2.19. The molecule has 3 rings (SSSR count). The standard InChI is InChI=1S/C15H15N3OS/c1-10-6-7-13-14(9-10)18-15(17-13)20(19)11(2)12-5-3-4-8-16-12/h3-9,11H,1-2H3,(H,17,18)/t11-,20+/m0/s1. The first-order chi connectivity index (χ1) is 9.65. The second kappa shape index (κ2) is 5.17. The van der Waals surface area contributed by atoms with Crippen molar-refractivity contribution >= 4 is 21.8 Å². The van der Waals surface area contributed by atoms with E-state index in [4.69, 9.17) is 0 Å². The van der Waals surface area contributed by atoms with Gasteiger partial charge in [0.15, 0.2) is 5.16 Å². The minimum absolute atomic E-state index is 0.196. The van der Waals surface area contributed by atoms with Crippen molar-refractivity contribution in [2.45, 2.75) is 24.3 Å². The lowest BCUT2D eigenvalue weighted by Crippen LogP contribution is -2.06. The van der Waals surface area contributed by atoms with Crippen LogP contribution in [-0.2, 0) is 10.8 Å². The first-order valence-electron chi connectivity index (χ1n) is 6.43. The number of H-pyrrole nitrogens is 1. The molecule has 1 aromatic carbocycles. The zero-order chi connectivity index (χ0) is 14.1. The molecule has 0 radical (unpaired) electrons. The Balaban J connectivity index is 1.96. The van der Waals surface area contributed by atoms with Gasteiger partial charge in [-0.3, -0.25) is 9.19 Å². The second-order valence-corrected chi connectivity index (χ2v) is 6.45. The van der Waals surface area contributed by atoms with Crippen molar-refractivity contribution in [3.05, 3.63) is 53.9 Å². The molecule has 0 aliphatic rings. The molecule has 0 saturated heterocycles. The Morgan fingerprint density at radius 2 is 2.10 bits per heavy atom. The summed E-state index contributed by atoms with van der Waals surface area (Å²) in [6.45, 7) is 3.92. The molecule has 0 saturated carbocycles. The van der Waals surface area contributed by atoms with E-state index in [1.807, 2.05) is 50.2 Å². The monoisotopic (exact) mass is 285 g/mol. The lowest BCUT2D eigenvalue weighted by atomic mass is 10.2. The van der Waals surface area contributed by atoms with Crippen molar-refractivity contribution in [1.82, 2.24) is 15.0 Å². The van der Waals surface area contributed by atoms with E-state index in [0.29, 0.717) is 5.16 Å². The number of hydrogen-bond donors (Lipinski definition) is 1. The van der Waals surface area contributed by atoms with Crippen LogP contribution in [0.25, 0.3) is 11.0 Å². The number of aryl methyl sites for hydroxylation is 1. The van der Waals surface area contributed by atoms with Gasteiger partial charge in [0, 0.05) is 6.20 Å². The van der Waals surface area contributed by atoms with E-state index in [1.165, 1.54) is 0 Å². The van der Waals surface area contributed by atoms with Crippen molar-refractivity contribution < 1.29 is 4.21 Å². The molecule has 0 unspecified atom stereocenters. The zero-order valence-corrected chi connectivity index (χ0v) is 12.1. The molecule has 0 bridgehead atoms. The van der Waals surface area contributed by atoms with Crippen LogP contribution >= 0.6 is 0 Å². The van der Waals surface area contributed by atoms with Crippen LogP contribution in [0.2, 0.25) is 0 Å². The molecular formula is C15H15N3OS. The normalized spacial score (nSPS) is 14.3. The van der Waals surface area contributed by atoms with Crippen LogP contribution in [-0.4, -0.2) is 19.2 Å². The van der Waals surface area contributed by atoms with Gasteiger partial charge in [0.2, 0.25) is 0 Å². The molecule has 1 N–H and O–H groups in total. The van der Waals surface area contributed by atoms with Gasteiger partial charge in [-0.15, -0.1) is 0 Å². The summed E-state index contributed by atoms with van der Waals surface area (Å²) in [6.07, 6.45) is 1.71. The van der Waals surface area contributed by atoms with Gasteiger partial charge < -0.3 is 4.98 Å². The number of fused-ring (bicyclic) bond motifs is 1. The molecule has 0 aliphatic heterocycles. The van der Waals surface area contributed by atoms with E-state index < -0.39 is 10.8 Å². The quantitative estimate of drug-likeness (QED) is 0.804. The van der Waals surface area contributed by atoms with Gasteiger partial charge in [-0.25, -0.2) is 4.98 Å². The van der Waals surface area contributed by atoms with Crippen molar-refractivity contribution in [2.24, 2.45) is 0 Å². The van der Waals surface area contributed by atoms with E-state index in [0.717, 1.165) is 22.3 Å². The Kier molecular flexibility index (Phi) is 3.36. The fraction of sp³-hybridized carbons (Fsp3) is 0.200. The molecule has 0 fully saturated rings. The van der Waals surface area contributed by atoms with Gasteiger partial charge in [-0.05, 0) is 43.7 Å². The van der Waals surface area contributed by atoms with Gasteiger partial charge in [0.05, 0.1) is 32.8 Å². The van der Waals surface area contributed by atoms with E-state index >= 15 is 0 Å². The van der Waals surface area contributed by atoms with Gasteiger partial charge in [0.1, 0.15) is 0 Å². The fourth-order valence-corrected chi connectivity index (χ4v) is 3.18. The van der Waals surface area contributed by atoms with E-state index in [-0.39, 0.29) is 5.25 Å². The molecule has 20 heavy (non-hydrogen) atoms. The summed E-state index contributed by atoms with van der Waals surface area (Å²) >= 11 is 0. The van der Waals surface area contributed by atoms with Crippen LogP contribution in [0, 0.1) is 6.92 Å². The number of benzene rings is 1. The number of rotatable bonds is 3. The molecule has 102 valence electrons. The van der Waals surface area contributed by atoms with Crippen molar-refractivity contribution in [3.63, 3.8) is 0 Å². The lowest BCUT2D eigenvalue weighted by Gasteiger charge is -2.08. The van der Waals surface area contributed by atoms with E-state index in [2.05, 4.69) is 15.0 Å². The maximum Gasteiger partial charge on any atom is 0.198 e. The van der Waals surface area contributed by atoms with Crippen LogP contribution in [0.5, 0.6) is 0 Å². The number of aromatic amines is 1. The van der Waals surface area contributed by atoms with Crippen LogP contribution in [0.1, 0.15) is 23.4 Å². The van der Waals surface area contributed by atoms with Crippen molar-refractivity contribution in [1.29, 1.82) is 0 Å². The topological polar surface area (TPSA) is 58.6 Å². The number of pyridine rings is 1. The number of nitrogens with zero attached hydrogens (tertiary/aromatic N) is 2. The maximum atomic E-state index is 12.6. The summed E-state index contributed by atoms with van der Waals surface area (Å²) in [7, 11) is -1.25. The average Bonchev–Trinajstić information content (AvgIpc) is 2.89. The lowest BCUT2D eigenvalue weighted by molar-refractivity contribution is 0.669. The van der Waals surface area contributed by atoms with Crippen LogP contribution in [0.15, 0.2) is 47.8 Å². The van der Waals surface area contributed by atoms with Gasteiger partial charge in [-0.1, -0.05) is 12.1 Å². The second-order valence-electron chi connectivity index (χ2n) is 4.76. The van der Waals surface area contributed by atoms with Crippen LogP contribution in [0.4, 0.5) is 0 Å². The maximum absolute atomic E-state index is 12.6. The molecule has 2 aromatic heterocycles. The molecule has 0 amide bonds. The third kappa shape index (κ3) is 2.36. The molecule has 2 heterocycles. The minimum atomic E-state index is -1.25. The highest BCUT2D eigenvalue weighted by Crippen LogP contribution is 2.23. The highest BCUT2D eigenvalue weighted by atomic mass is 32.2. The summed E-state index contributed by atoms with van der Waals surface area (Å²) in [5.74, 6) is 0. The number of aromatic nitrogens is 3. The van der Waals surface area contributed by atoms with Crippen molar-refractivity contribution in [2.75, 3.05) is 0 Å². The van der Waals surface area contributed by atoms with Crippen LogP contribution in [0.3, 0.4) is 0 Å². The van der Waals surface area contributed by atoms with Crippen LogP contribution < -0.4 is 0 Å². The van der Waals surface area contributed by atoms with E-state index in [1.54, 1.807) is 6.20 Å². The molecule has 5 heteroatoms. The average molecular weight is 285 g/mol. The largest absolute Gasteiger partial charge is 0.331 e. The fourth-order valence-electron chi connectivity index (χ4n) is 2.09. The Labute approximate surface area is 119 Å². The third-order valence-electron chi connectivity index (χ3n) is 3.23. The molecule has 0 spiro atoms. The van der Waals surface area contributed by atoms with E-state index in [9.17, 15) is 4.21 Å². The molecule has 3 aromatic rings. The van der Waals surface area contributed by atoms with Gasteiger partial charge in [0.25, 0.3) is 0 Å². The Hall–Kier alpha value is -2.01. The summed E-state index contributed by atoms with van der Waals surface area (Å²) < 4.78 is 12.6. The summed E-state index contributed by atoms with van der Waals surface area (Å²) in [6, 6.07) is 11.6. The Morgan fingerprint density at radius 1 is 1.25 bits per heavy atom. The number of imidazole rings is 1. The van der Waals surface area contributed by atoms with Gasteiger partial charge >= 0.3 is 0 Å².